The molecule has 204 valence electrons. The van der Waals surface area contributed by atoms with E-state index in [-0.39, 0.29) is 11.5 Å². The molecule has 2 N–H and O–H groups in total. The Kier molecular flexibility index (Phi) is 7.01. The third kappa shape index (κ3) is 4.75. The third-order valence-electron chi connectivity index (χ3n) is 6.36. The van der Waals surface area contributed by atoms with Gasteiger partial charge in [-0.1, -0.05) is 12.1 Å². The van der Waals surface area contributed by atoms with Gasteiger partial charge in [-0.15, -0.1) is 5.10 Å². The van der Waals surface area contributed by atoms with Crippen molar-refractivity contribution in [2.45, 2.75) is 13.0 Å². The van der Waals surface area contributed by atoms with E-state index >= 15 is 0 Å². The second-order valence-electron chi connectivity index (χ2n) is 8.72. The molecule has 1 aliphatic heterocycles. The van der Waals surface area contributed by atoms with Gasteiger partial charge in [0.05, 0.1) is 43.7 Å². The molecule has 13 heteroatoms. The molecule has 1 atom stereocenters. The second-order valence-corrected chi connectivity index (χ2v) is 8.72. The number of amides is 1. The van der Waals surface area contributed by atoms with Crippen LogP contribution in [-0.4, -0.2) is 51.9 Å². The maximum atomic E-state index is 13.8. The van der Waals surface area contributed by atoms with E-state index < -0.39 is 16.9 Å². The number of anilines is 2. The molecular weight excluding hydrogens is 518 g/mol. The molecule has 0 saturated heterocycles. The summed E-state index contributed by atoms with van der Waals surface area (Å²) in [4.78, 5) is 33.3. The van der Waals surface area contributed by atoms with Crippen molar-refractivity contribution in [1.29, 1.82) is 0 Å². The van der Waals surface area contributed by atoms with Crippen LogP contribution in [0, 0.1) is 10.1 Å². The van der Waals surface area contributed by atoms with Gasteiger partial charge in [0.15, 0.2) is 17.3 Å². The standard InChI is InChI=1S/C27H25N7O6/c1-15-23(26(35)30-17-8-6-10-28-14-17)24(19-12-21(39-3)22(40-4)13-20(19)38-2)33-27(29-15)31-25(32-33)16-7-5-9-18(11-16)34(36)37/h5-14,24H,1-4H3,(H,30,35)(H,29,31,32). The van der Waals surface area contributed by atoms with Crippen molar-refractivity contribution in [1.82, 2.24) is 19.7 Å². The normalized spacial score (nSPS) is 14.2. The van der Waals surface area contributed by atoms with Crippen molar-refractivity contribution in [2.75, 3.05) is 32.0 Å². The number of benzene rings is 2. The van der Waals surface area contributed by atoms with Crippen molar-refractivity contribution in [3.05, 3.63) is 87.9 Å². The van der Waals surface area contributed by atoms with Crippen LogP contribution in [0.25, 0.3) is 11.4 Å². The second kappa shape index (κ2) is 10.7. The zero-order valence-corrected chi connectivity index (χ0v) is 22.0. The smallest absolute Gasteiger partial charge is 0.270 e. The quantitative estimate of drug-likeness (QED) is 0.244. The van der Waals surface area contributed by atoms with Crippen LogP contribution in [0.1, 0.15) is 18.5 Å². The monoisotopic (exact) mass is 543 g/mol. The van der Waals surface area contributed by atoms with Crippen LogP contribution >= 0.6 is 0 Å². The molecule has 40 heavy (non-hydrogen) atoms. The summed E-state index contributed by atoms with van der Waals surface area (Å²) in [5.41, 5.74) is 2.25. The number of methoxy groups -OCH3 is 3. The molecule has 1 unspecified atom stereocenters. The minimum Gasteiger partial charge on any atom is -0.496 e. The van der Waals surface area contributed by atoms with Gasteiger partial charge in [-0.05, 0) is 25.1 Å². The number of hydrogen-bond donors (Lipinski definition) is 2. The number of allylic oxidation sites excluding steroid dienone is 1. The van der Waals surface area contributed by atoms with Crippen molar-refractivity contribution in [2.24, 2.45) is 0 Å². The number of nitrogens with zero attached hydrogens (tertiary/aromatic N) is 5. The maximum Gasteiger partial charge on any atom is 0.270 e. The first-order valence-electron chi connectivity index (χ1n) is 12.0. The number of carbonyl (C=O) groups is 1. The number of carbonyl (C=O) groups excluding carboxylic acids is 1. The van der Waals surface area contributed by atoms with E-state index in [0.717, 1.165) is 0 Å². The largest absolute Gasteiger partial charge is 0.496 e. The van der Waals surface area contributed by atoms with Gasteiger partial charge in [0.2, 0.25) is 5.95 Å². The van der Waals surface area contributed by atoms with Crippen LogP contribution in [0.2, 0.25) is 0 Å². The molecule has 0 bridgehead atoms. The predicted octanol–water partition coefficient (Wildman–Crippen LogP) is 4.20. The Labute approximate surface area is 228 Å². The Balaban J connectivity index is 1.69. The molecule has 5 rings (SSSR count). The van der Waals surface area contributed by atoms with Gasteiger partial charge in [0.1, 0.15) is 11.8 Å². The first kappa shape index (κ1) is 26.2. The summed E-state index contributed by atoms with van der Waals surface area (Å²) >= 11 is 0. The van der Waals surface area contributed by atoms with E-state index in [1.807, 2.05) is 0 Å². The number of nitro benzene ring substituents is 1. The zero-order chi connectivity index (χ0) is 28.4. The van der Waals surface area contributed by atoms with Crippen LogP contribution in [0.3, 0.4) is 0 Å². The molecule has 0 spiro atoms. The Hall–Kier alpha value is -5.46. The van der Waals surface area contributed by atoms with Gasteiger partial charge in [-0.3, -0.25) is 19.9 Å². The molecule has 3 heterocycles. The van der Waals surface area contributed by atoms with E-state index in [0.29, 0.717) is 51.3 Å². The Morgan fingerprint density at radius 2 is 1.80 bits per heavy atom. The Morgan fingerprint density at radius 1 is 1.05 bits per heavy atom. The summed E-state index contributed by atoms with van der Waals surface area (Å²) in [5, 5.41) is 22.1. The average Bonchev–Trinajstić information content (AvgIpc) is 3.40. The molecule has 1 aliphatic rings. The van der Waals surface area contributed by atoms with E-state index in [2.05, 4.69) is 20.6 Å². The highest BCUT2D eigenvalue weighted by Gasteiger charge is 2.37. The number of non-ortho nitro benzene ring substituents is 1. The maximum absolute atomic E-state index is 13.8. The number of ether oxygens (including phenoxy) is 3. The highest BCUT2D eigenvalue weighted by atomic mass is 16.6. The van der Waals surface area contributed by atoms with Crippen LogP contribution < -0.4 is 24.8 Å². The fourth-order valence-electron chi connectivity index (χ4n) is 4.52. The van der Waals surface area contributed by atoms with Crippen molar-refractivity contribution in [3.63, 3.8) is 0 Å². The minimum atomic E-state index is -0.831. The van der Waals surface area contributed by atoms with Crippen LogP contribution in [0.15, 0.2) is 72.2 Å². The number of rotatable bonds is 8. The van der Waals surface area contributed by atoms with Gasteiger partial charge in [0, 0.05) is 41.2 Å². The van der Waals surface area contributed by atoms with Crippen molar-refractivity contribution in [3.8, 4) is 28.6 Å². The van der Waals surface area contributed by atoms with Crippen molar-refractivity contribution < 1.29 is 23.9 Å². The number of aromatic nitrogens is 4. The molecule has 2 aromatic heterocycles. The van der Waals surface area contributed by atoms with Crippen LogP contribution in [0.5, 0.6) is 17.2 Å². The lowest BCUT2D eigenvalue weighted by Crippen LogP contribution is -2.31. The molecular formula is C27H25N7O6. The van der Waals surface area contributed by atoms with E-state index in [9.17, 15) is 14.9 Å². The van der Waals surface area contributed by atoms with Crippen LogP contribution in [0.4, 0.5) is 17.3 Å². The SMILES string of the molecule is COc1cc(OC)c(C2C(C(=O)Nc3cccnc3)=C(C)Nc3nc(-c4cccc([N+](=O)[O-])c4)nn32)cc1OC. The highest BCUT2D eigenvalue weighted by molar-refractivity contribution is 6.06. The fraction of sp³-hybridized carbons (Fsp3) is 0.185. The minimum absolute atomic E-state index is 0.0952. The number of fused-ring (bicyclic) bond motifs is 1. The first-order chi connectivity index (χ1) is 19.3. The molecule has 13 nitrogen and oxygen atoms in total. The van der Waals surface area contributed by atoms with Crippen molar-refractivity contribution >= 4 is 23.2 Å². The summed E-state index contributed by atoms with van der Waals surface area (Å²) in [6.07, 6.45) is 3.15. The third-order valence-corrected chi connectivity index (χ3v) is 6.36. The summed E-state index contributed by atoms with van der Waals surface area (Å²) in [7, 11) is 4.53. The van der Waals surface area contributed by atoms with Gasteiger partial charge < -0.3 is 24.8 Å². The average molecular weight is 544 g/mol. The van der Waals surface area contributed by atoms with E-state index in [1.54, 1.807) is 54.2 Å². The number of nitrogens with one attached hydrogen (secondary N) is 2. The van der Waals surface area contributed by atoms with E-state index in [4.69, 9.17) is 19.3 Å². The van der Waals surface area contributed by atoms with Crippen LogP contribution in [-0.2, 0) is 4.79 Å². The summed E-state index contributed by atoms with van der Waals surface area (Å²) < 4.78 is 18.3. The molecule has 0 aliphatic carbocycles. The molecule has 1 amide bonds. The van der Waals surface area contributed by atoms with Gasteiger partial charge in [-0.25, -0.2) is 4.68 Å². The number of hydrogen-bond acceptors (Lipinski definition) is 10. The van der Waals surface area contributed by atoms with E-state index in [1.165, 1.54) is 39.7 Å². The highest BCUT2D eigenvalue weighted by Crippen LogP contribution is 2.44. The lowest BCUT2D eigenvalue weighted by molar-refractivity contribution is -0.384. The van der Waals surface area contributed by atoms with Gasteiger partial charge in [0.25, 0.3) is 11.6 Å². The summed E-state index contributed by atoms with van der Waals surface area (Å²) in [5.74, 6) is 1.44. The zero-order valence-electron chi connectivity index (χ0n) is 22.0. The first-order valence-corrected chi connectivity index (χ1v) is 12.0. The Morgan fingerprint density at radius 3 is 2.48 bits per heavy atom. The summed E-state index contributed by atoms with van der Waals surface area (Å²) in [6, 6.07) is 12.0. The molecule has 0 fully saturated rings. The lowest BCUT2D eigenvalue weighted by Gasteiger charge is -2.30. The molecule has 0 saturated carbocycles. The lowest BCUT2D eigenvalue weighted by atomic mass is 9.93. The molecule has 4 aromatic rings. The van der Waals surface area contributed by atoms with Gasteiger partial charge in [-0.2, -0.15) is 4.98 Å². The number of pyridine rings is 1. The summed E-state index contributed by atoms with van der Waals surface area (Å²) in [6.45, 7) is 1.75. The fourth-order valence-corrected chi connectivity index (χ4v) is 4.52. The topological polar surface area (TPSA) is 156 Å². The molecule has 2 aromatic carbocycles. The Bertz CT molecular complexity index is 1630. The molecule has 0 radical (unpaired) electrons. The number of nitro groups is 1. The predicted molar refractivity (Wildman–Crippen MR) is 146 cm³/mol. The van der Waals surface area contributed by atoms with Gasteiger partial charge >= 0.3 is 0 Å².